The van der Waals surface area contributed by atoms with Crippen LogP contribution in [0.3, 0.4) is 0 Å². The van der Waals surface area contributed by atoms with Gasteiger partial charge in [0.05, 0.1) is 11.4 Å². The van der Waals surface area contributed by atoms with Gasteiger partial charge in [0.15, 0.2) is 0 Å². The van der Waals surface area contributed by atoms with Crippen LogP contribution >= 0.6 is 23.5 Å². The average molecular weight is 316 g/mol. The summed E-state index contributed by atoms with van der Waals surface area (Å²) in [4.78, 5) is 16.6. The number of hydrogen-bond acceptors (Lipinski definition) is 4. The molecule has 108 valence electrons. The molecule has 2 aromatic carbocycles. The van der Waals surface area contributed by atoms with Gasteiger partial charge in [0.2, 0.25) is 5.91 Å². The van der Waals surface area contributed by atoms with Gasteiger partial charge in [0.25, 0.3) is 0 Å². The molecule has 0 radical (unpaired) electrons. The summed E-state index contributed by atoms with van der Waals surface area (Å²) in [5.41, 5.74) is 7.50. The number of benzene rings is 2. The largest absolute Gasteiger partial charge is 0.399 e. The Hall–Kier alpha value is -1.59. The molecule has 0 saturated carbocycles. The molecule has 2 N–H and O–H groups in total. The van der Waals surface area contributed by atoms with Gasteiger partial charge in [-0.3, -0.25) is 4.79 Å². The summed E-state index contributed by atoms with van der Waals surface area (Å²) in [7, 11) is 0. The highest BCUT2D eigenvalue weighted by atomic mass is 32.2. The Bertz CT molecular complexity index is 646. The molecule has 0 fully saturated rings. The van der Waals surface area contributed by atoms with Crippen molar-refractivity contribution in [3.05, 3.63) is 48.5 Å². The Labute approximate surface area is 132 Å². The molecule has 0 aliphatic carbocycles. The number of carbonyl (C=O) groups is 1. The van der Waals surface area contributed by atoms with Crippen molar-refractivity contribution < 1.29 is 4.79 Å². The lowest BCUT2D eigenvalue weighted by Gasteiger charge is -2.29. The standard InChI is InChI=1S/C16H16N2OS2/c17-12-6-7-15-14(10-12)18(8-9-20-15)16(19)11-21-13-4-2-1-3-5-13/h1-7,10H,8-9,11,17H2. The fraction of sp³-hybridized carbons (Fsp3) is 0.188. The number of thioether (sulfide) groups is 2. The van der Waals surface area contributed by atoms with Gasteiger partial charge >= 0.3 is 0 Å². The number of fused-ring (bicyclic) bond motifs is 1. The van der Waals surface area contributed by atoms with Crippen molar-refractivity contribution >= 4 is 40.8 Å². The van der Waals surface area contributed by atoms with E-state index in [1.165, 1.54) is 0 Å². The third-order valence-electron chi connectivity index (χ3n) is 3.25. The zero-order valence-corrected chi connectivity index (χ0v) is 13.1. The van der Waals surface area contributed by atoms with E-state index < -0.39 is 0 Å². The molecule has 0 spiro atoms. The minimum Gasteiger partial charge on any atom is -0.399 e. The zero-order valence-electron chi connectivity index (χ0n) is 11.5. The maximum Gasteiger partial charge on any atom is 0.237 e. The average Bonchev–Trinajstić information content (AvgIpc) is 2.53. The number of rotatable bonds is 3. The first-order chi connectivity index (χ1) is 10.2. The molecule has 1 amide bonds. The summed E-state index contributed by atoms with van der Waals surface area (Å²) in [5, 5.41) is 0. The van der Waals surface area contributed by atoms with E-state index in [0.717, 1.165) is 27.8 Å². The zero-order chi connectivity index (χ0) is 14.7. The van der Waals surface area contributed by atoms with Crippen LogP contribution in [0.2, 0.25) is 0 Å². The summed E-state index contributed by atoms with van der Waals surface area (Å²) >= 11 is 3.35. The van der Waals surface area contributed by atoms with Crippen molar-refractivity contribution in [3.63, 3.8) is 0 Å². The van der Waals surface area contributed by atoms with Crippen LogP contribution in [0.5, 0.6) is 0 Å². The van der Waals surface area contributed by atoms with Crippen LogP contribution in [0.4, 0.5) is 11.4 Å². The van der Waals surface area contributed by atoms with Gasteiger partial charge in [0.1, 0.15) is 0 Å². The molecule has 5 heteroatoms. The summed E-state index contributed by atoms with van der Waals surface area (Å²) in [5.74, 6) is 1.51. The summed E-state index contributed by atoms with van der Waals surface area (Å²) < 4.78 is 0. The normalized spacial score (nSPS) is 13.8. The number of hydrogen-bond donors (Lipinski definition) is 1. The fourth-order valence-electron chi connectivity index (χ4n) is 2.23. The fourth-order valence-corrected chi connectivity index (χ4v) is 4.00. The number of nitrogen functional groups attached to an aromatic ring is 1. The Kier molecular flexibility index (Phi) is 4.41. The Morgan fingerprint density at radius 1 is 1.24 bits per heavy atom. The predicted octanol–water partition coefficient (Wildman–Crippen LogP) is 3.50. The molecule has 1 heterocycles. The van der Waals surface area contributed by atoms with Gasteiger partial charge in [-0.15, -0.1) is 23.5 Å². The van der Waals surface area contributed by atoms with Gasteiger partial charge < -0.3 is 10.6 Å². The highest BCUT2D eigenvalue weighted by Crippen LogP contribution is 2.36. The topological polar surface area (TPSA) is 46.3 Å². The van der Waals surface area contributed by atoms with Crippen LogP contribution in [0.25, 0.3) is 0 Å². The van der Waals surface area contributed by atoms with Gasteiger partial charge in [0, 0.05) is 27.8 Å². The maximum absolute atomic E-state index is 12.5. The second-order valence-electron chi connectivity index (χ2n) is 4.72. The van der Waals surface area contributed by atoms with E-state index in [-0.39, 0.29) is 5.91 Å². The molecular formula is C16H16N2OS2. The highest BCUT2D eigenvalue weighted by molar-refractivity contribution is 8.00. The van der Waals surface area contributed by atoms with E-state index in [9.17, 15) is 4.79 Å². The van der Waals surface area contributed by atoms with Crippen LogP contribution in [0.1, 0.15) is 0 Å². The van der Waals surface area contributed by atoms with Gasteiger partial charge in [-0.05, 0) is 30.3 Å². The second kappa shape index (κ2) is 6.45. The molecule has 0 unspecified atom stereocenters. The highest BCUT2D eigenvalue weighted by Gasteiger charge is 2.23. The van der Waals surface area contributed by atoms with Crippen molar-refractivity contribution in [2.45, 2.75) is 9.79 Å². The van der Waals surface area contributed by atoms with Crippen LogP contribution in [-0.4, -0.2) is 24.0 Å². The number of nitrogens with zero attached hydrogens (tertiary/aromatic N) is 1. The lowest BCUT2D eigenvalue weighted by Crippen LogP contribution is -2.36. The van der Waals surface area contributed by atoms with Crippen molar-refractivity contribution in [1.29, 1.82) is 0 Å². The van der Waals surface area contributed by atoms with E-state index in [1.807, 2.05) is 53.4 Å². The number of amides is 1. The van der Waals surface area contributed by atoms with Crippen LogP contribution in [0.15, 0.2) is 58.3 Å². The quantitative estimate of drug-likeness (QED) is 0.695. The first-order valence-electron chi connectivity index (χ1n) is 6.74. The SMILES string of the molecule is Nc1ccc2c(c1)N(C(=O)CSc1ccccc1)CCS2. The van der Waals surface area contributed by atoms with Crippen LogP contribution < -0.4 is 10.6 Å². The molecule has 2 aromatic rings. The van der Waals surface area contributed by atoms with Gasteiger partial charge in [-0.25, -0.2) is 0 Å². The smallest absolute Gasteiger partial charge is 0.237 e. The van der Waals surface area contributed by atoms with E-state index in [1.54, 1.807) is 23.5 Å². The summed E-state index contributed by atoms with van der Waals surface area (Å²) in [6, 6.07) is 15.8. The molecule has 0 saturated heterocycles. The Morgan fingerprint density at radius 3 is 2.86 bits per heavy atom. The molecule has 21 heavy (non-hydrogen) atoms. The number of nitrogens with two attached hydrogens (primary N) is 1. The van der Waals surface area contributed by atoms with Crippen LogP contribution in [-0.2, 0) is 4.79 Å². The summed E-state index contributed by atoms with van der Waals surface area (Å²) in [6.07, 6.45) is 0. The van der Waals surface area contributed by atoms with E-state index >= 15 is 0 Å². The molecule has 0 aromatic heterocycles. The van der Waals surface area contributed by atoms with E-state index in [4.69, 9.17) is 5.73 Å². The second-order valence-corrected chi connectivity index (χ2v) is 6.91. The van der Waals surface area contributed by atoms with E-state index in [2.05, 4.69) is 0 Å². The molecule has 3 nitrogen and oxygen atoms in total. The molecule has 1 aliphatic heterocycles. The number of anilines is 2. The minimum absolute atomic E-state index is 0.135. The minimum atomic E-state index is 0.135. The van der Waals surface area contributed by atoms with Crippen molar-refractivity contribution in [2.24, 2.45) is 0 Å². The van der Waals surface area contributed by atoms with Crippen molar-refractivity contribution in [2.75, 3.05) is 28.7 Å². The third-order valence-corrected chi connectivity index (χ3v) is 5.29. The monoisotopic (exact) mass is 316 g/mol. The van der Waals surface area contributed by atoms with Gasteiger partial charge in [-0.2, -0.15) is 0 Å². The number of carbonyl (C=O) groups excluding carboxylic acids is 1. The first kappa shape index (κ1) is 14.4. The predicted molar refractivity (Wildman–Crippen MR) is 91.1 cm³/mol. The maximum atomic E-state index is 12.5. The third kappa shape index (κ3) is 3.36. The molecule has 0 atom stereocenters. The van der Waals surface area contributed by atoms with Gasteiger partial charge in [-0.1, -0.05) is 18.2 Å². The molecule has 0 bridgehead atoms. The Balaban J connectivity index is 1.73. The Morgan fingerprint density at radius 2 is 2.05 bits per heavy atom. The lowest BCUT2D eigenvalue weighted by atomic mass is 10.2. The first-order valence-corrected chi connectivity index (χ1v) is 8.72. The lowest BCUT2D eigenvalue weighted by molar-refractivity contribution is -0.116. The van der Waals surface area contributed by atoms with E-state index in [0.29, 0.717) is 11.4 Å². The molecule has 3 rings (SSSR count). The summed E-state index contributed by atoms with van der Waals surface area (Å²) in [6.45, 7) is 0.745. The van der Waals surface area contributed by atoms with Crippen molar-refractivity contribution in [3.8, 4) is 0 Å². The molecule has 1 aliphatic rings. The van der Waals surface area contributed by atoms with Crippen molar-refractivity contribution in [1.82, 2.24) is 0 Å². The molecular weight excluding hydrogens is 300 g/mol. The van der Waals surface area contributed by atoms with Crippen LogP contribution in [0, 0.1) is 0 Å².